The van der Waals surface area contributed by atoms with Gasteiger partial charge in [0.15, 0.2) is 0 Å². The fourth-order valence-electron chi connectivity index (χ4n) is 1.38. The van der Waals surface area contributed by atoms with E-state index in [9.17, 15) is 0 Å². The molecule has 1 rings (SSSR count). The third kappa shape index (κ3) is 1.63. The Bertz CT molecular complexity index is 227. The van der Waals surface area contributed by atoms with Gasteiger partial charge < -0.3 is 9.30 Å². The van der Waals surface area contributed by atoms with E-state index in [0.29, 0.717) is 0 Å². The minimum Gasteiger partial charge on any atom is -0.380 e. The van der Waals surface area contributed by atoms with Gasteiger partial charge in [0.1, 0.15) is 0 Å². The molecule has 0 radical (unpaired) electrons. The zero-order valence-electron chi connectivity index (χ0n) is 7.42. The molecule has 0 bridgehead atoms. The van der Waals surface area contributed by atoms with Gasteiger partial charge in [-0.05, 0) is 18.1 Å². The van der Waals surface area contributed by atoms with Gasteiger partial charge in [-0.15, -0.1) is 0 Å². The first-order valence-electron chi connectivity index (χ1n) is 3.91. The maximum atomic E-state index is 5.07. The van der Waals surface area contributed by atoms with Crippen LogP contribution in [0.4, 0.5) is 0 Å². The quantitative estimate of drug-likeness (QED) is 0.645. The first kappa shape index (κ1) is 8.34. The Morgan fingerprint density at radius 2 is 2.27 bits per heavy atom. The van der Waals surface area contributed by atoms with E-state index in [4.69, 9.17) is 4.74 Å². The van der Waals surface area contributed by atoms with Crippen molar-refractivity contribution in [2.75, 3.05) is 7.11 Å². The fraction of sp³-hybridized carbons (Fsp3) is 0.556. The normalized spacial score (nSPS) is 10.5. The van der Waals surface area contributed by atoms with Gasteiger partial charge in [-0.25, -0.2) is 0 Å². The van der Waals surface area contributed by atoms with E-state index in [-0.39, 0.29) is 0 Å². The van der Waals surface area contributed by atoms with Crippen LogP contribution in [0.15, 0.2) is 12.3 Å². The molecule has 1 aromatic heterocycles. The Balaban J connectivity index is 2.86. The summed E-state index contributed by atoms with van der Waals surface area (Å²) in [5, 5.41) is 0. The summed E-state index contributed by atoms with van der Waals surface area (Å²) in [5.41, 5.74) is 2.67. The van der Waals surface area contributed by atoms with Gasteiger partial charge in [-0.3, -0.25) is 0 Å². The zero-order chi connectivity index (χ0) is 8.27. The molecule has 0 aliphatic rings. The van der Waals surface area contributed by atoms with E-state index in [1.807, 2.05) is 0 Å². The van der Waals surface area contributed by atoms with Gasteiger partial charge in [-0.2, -0.15) is 0 Å². The summed E-state index contributed by atoms with van der Waals surface area (Å²) in [6, 6.07) is 2.11. The summed E-state index contributed by atoms with van der Waals surface area (Å²) in [5.74, 6) is 0. The van der Waals surface area contributed by atoms with Crippen LogP contribution in [0.25, 0.3) is 0 Å². The first-order chi connectivity index (χ1) is 5.29. The fourth-order valence-corrected chi connectivity index (χ4v) is 1.38. The van der Waals surface area contributed by atoms with Gasteiger partial charge in [0, 0.05) is 26.0 Å². The van der Waals surface area contributed by atoms with Gasteiger partial charge in [0.05, 0.1) is 6.61 Å². The maximum Gasteiger partial charge on any atom is 0.0730 e. The standard InChI is InChI=1S/C9H15NO/c1-4-9-8(7-11-3)5-6-10(9)2/h5-6H,4,7H2,1-3H3. The molecule has 2 nitrogen and oxygen atoms in total. The SMILES string of the molecule is CCc1c(COC)ccn1C. The number of aromatic nitrogens is 1. The highest BCUT2D eigenvalue weighted by atomic mass is 16.5. The summed E-state index contributed by atoms with van der Waals surface area (Å²) < 4.78 is 7.22. The minimum absolute atomic E-state index is 0.726. The number of methoxy groups -OCH3 is 1. The minimum atomic E-state index is 0.726. The van der Waals surface area contributed by atoms with Crippen molar-refractivity contribution in [3.05, 3.63) is 23.5 Å². The van der Waals surface area contributed by atoms with Crippen molar-refractivity contribution < 1.29 is 4.74 Å². The predicted octanol–water partition coefficient (Wildman–Crippen LogP) is 1.73. The Labute approximate surface area is 67.8 Å². The van der Waals surface area contributed by atoms with Gasteiger partial charge >= 0.3 is 0 Å². The zero-order valence-corrected chi connectivity index (χ0v) is 7.42. The molecule has 11 heavy (non-hydrogen) atoms. The molecule has 1 aromatic rings. The number of ether oxygens (including phenoxy) is 1. The number of aryl methyl sites for hydroxylation is 1. The van der Waals surface area contributed by atoms with E-state index in [2.05, 4.69) is 30.8 Å². The molecule has 0 spiro atoms. The van der Waals surface area contributed by atoms with Gasteiger partial charge in [-0.1, -0.05) is 6.92 Å². The number of nitrogens with zero attached hydrogens (tertiary/aromatic N) is 1. The van der Waals surface area contributed by atoms with Crippen molar-refractivity contribution >= 4 is 0 Å². The Morgan fingerprint density at radius 1 is 1.55 bits per heavy atom. The van der Waals surface area contributed by atoms with Crippen molar-refractivity contribution in [1.29, 1.82) is 0 Å². The van der Waals surface area contributed by atoms with Crippen molar-refractivity contribution in [1.82, 2.24) is 4.57 Å². The highest BCUT2D eigenvalue weighted by Crippen LogP contribution is 2.11. The van der Waals surface area contributed by atoms with Crippen LogP contribution in [0.3, 0.4) is 0 Å². The molecule has 0 aliphatic heterocycles. The first-order valence-corrected chi connectivity index (χ1v) is 3.91. The molecule has 0 saturated heterocycles. The van der Waals surface area contributed by atoms with Crippen LogP contribution in [0.2, 0.25) is 0 Å². The third-order valence-electron chi connectivity index (χ3n) is 1.93. The van der Waals surface area contributed by atoms with E-state index >= 15 is 0 Å². The average Bonchev–Trinajstić information content (AvgIpc) is 2.33. The largest absolute Gasteiger partial charge is 0.380 e. The molecule has 0 fully saturated rings. The molecule has 1 heterocycles. The van der Waals surface area contributed by atoms with Crippen molar-refractivity contribution in [2.45, 2.75) is 20.0 Å². The molecule has 0 aromatic carbocycles. The number of hydrogen-bond donors (Lipinski definition) is 0. The van der Waals surface area contributed by atoms with Crippen molar-refractivity contribution in [3.63, 3.8) is 0 Å². The smallest absolute Gasteiger partial charge is 0.0730 e. The highest BCUT2D eigenvalue weighted by molar-refractivity contribution is 5.21. The molecule has 0 aliphatic carbocycles. The molecule has 2 heteroatoms. The molecule has 0 saturated carbocycles. The van der Waals surface area contributed by atoms with Crippen LogP contribution in [-0.2, 0) is 24.8 Å². The van der Waals surface area contributed by atoms with Crippen LogP contribution in [0.1, 0.15) is 18.2 Å². The molecule has 0 amide bonds. The third-order valence-corrected chi connectivity index (χ3v) is 1.93. The van der Waals surface area contributed by atoms with Crippen LogP contribution in [0, 0.1) is 0 Å². The van der Waals surface area contributed by atoms with Crippen LogP contribution >= 0.6 is 0 Å². The lowest BCUT2D eigenvalue weighted by molar-refractivity contribution is 0.184. The molecule has 0 atom stereocenters. The van der Waals surface area contributed by atoms with E-state index in [1.54, 1.807) is 7.11 Å². The summed E-state index contributed by atoms with van der Waals surface area (Å²) in [6.45, 7) is 2.89. The molecular weight excluding hydrogens is 138 g/mol. The number of hydrogen-bond acceptors (Lipinski definition) is 1. The highest BCUT2D eigenvalue weighted by Gasteiger charge is 2.02. The Hall–Kier alpha value is -0.760. The maximum absolute atomic E-state index is 5.07. The summed E-state index contributed by atoms with van der Waals surface area (Å²) in [4.78, 5) is 0. The Kier molecular flexibility index (Phi) is 2.71. The lowest BCUT2D eigenvalue weighted by Crippen LogP contribution is -1.97. The summed E-state index contributed by atoms with van der Waals surface area (Å²) in [6.07, 6.45) is 3.15. The van der Waals surface area contributed by atoms with Crippen molar-refractivity contribution in [3.8, 4) is 0 Å². The monoisotopic (exact) mass is 153 g/mol. The topological polar surface area (TPSA) is 14.2 Å². The molecular formula is C9H15NO. The molecule has 62 valence electrons. The lowest BCUT2D eigenvalue weighted by atomic mass is 10.2. The van der Waals surface area contributed by atoms with Crippen molar-refractivity contribution in [2.24, 2.45) is 7.05 Å². The molecule has 0 N–H and O–H groups in total. The lowest BCUT2D eigenvalue weighted by Gasteiger charge is -2.03. The summed E-state index contributed by atoms with van der Waals surface area (Å²) in [7, 11) is 3.80. The predicted molar refractivity (Wildman–Crippen MR) is 45.5 cm³/mol. The van der Waals surface area contributed by atoms with E-state index < -0.39 is 0 Å². The van der Waals surface area contributed by atoms with Gasteiger partial charge in [0.2, 0.25) is 0 Å². The number of rotatable bonds is 3. The Morgan fingerprint density at radius 3 is 2.82 bits per heavy atom. The van der Waals surface area contributed by atoms with Crippen LogP contribution in [-0.4, -0.2) is 11.7 Å². The van der Waals surface area contributed by atoms with Gasteiger partial charge in [0.25, 0.3) is 0 Å². The van der Waals surface area contributed by atoms with E-state index in [1.165, 1.54) is 11.3 Å². The summed E-state index contributed by atoms with van der Waals surface area (Å²) >= 11 is 0. The second-order valence-electron chi connectivity index (χ2n) is 2.69. The second-order valence-corrected chi connectivity index (χ2v) is 2.69. The second kappa shape index (κ2) is 3.58. The van der Waals surface area contributed by atoms with Crippen LogP contribution < -0.4 is 0 Å². The molecule has 0 unspecified atom stereocenters. The average molecular weight is 153 g/mol. The van der Waals surface area contributed by atoms with Crippen LogP contribution in [0.5, 0.6) is 0 Å². The van der Waals surface area contributed by atoms with E-state index in [0.717, 1.165) is 13.0 Å².